The molecule has 1 amide bonds. The zero-order valence-electron chi connectivity index (χ0n) is 21.4. The fraction of sp³-hybridized carbons (Fsp3) is 0.321. The maximum atomic E-state index is 13.3. The zero-order valence-corrected chi connectivity index (χ0v) is 22.2. The van der Waals surface area contributed by atoms with Crippen LogP contribution in [0.5, 0.6) is 11.5 Å². The highest BCUT2D eigenvalue weighted by atomic mass is 32.2. The Labute approximate surface area is 219 Å². The van der Waals surface area contributed by atoms with E-state index in [9.17, 15) is 13.2 Å². The minimum atomic E-state index is -3.77. The molecule has 1 aliphatic heterocycles. The third-order valence-corrected chi connectivity index (χ3v) is 7.72. The predicted octanol–water partition coefficient (Wildman–Crippen LogP) is 3.40. The topological polar surface area (TPSA) is 79.4 Å². The van der Waals surface area contributed by atoms with Crippen molar-refractivity contribution in [3.8, 4) is 11.5 Å². The lowest BCUT2D eigenvalue weighted by atomic mass is 9.96. The minimum Gasteiger partial charge on any atom is -0.497 e. The predicted molar refractivity (Wildman–Crippen MR) is 145 cm³/mol. The van der Waals surface area contributed by atoms with Crippen molar-refractivity contribution in [2.75, 3.05) is 57.5 Å². The number of amides is 1. The lowest BCUT2D eigenvalue weighted by molar-refractivity contribution is -0.131. The highest BCUT2D eigenvalue weighted by Crippen LogP contribution is 2.34. The second-order valence-electron chi connectivity index (χ2n) is 8.95. The number of carbonyl (C=O) groups is 1. The first-order chi connectivity index (χ1) is 17.8. The van der Waals surface area contributed by atoms with E-state index in [0.29, 0.717) is 37.7 Å². The Balaban J connectivity index is 1.51. The van der Waals surface area contributed by atoms with E-state index < -0.39 is 10.0 Å². The van der Waals surface area contributed by atoms with Crippen molar-refractivity contribution in [2.45, 2.75) is 6.04 Å². The molecule has 9 heteroatoms. The van der Waals surface area contributed by atoms with E-state index in [1.165, 1.54) is 25.3 Å². The van der Waals surface area contributed by atoms with Gasteiger partial charge in [0.1, 0.15) is 18.0 Å². The van der Waals surface area contributed by atoms with Gasteiger partial charge >= 0.3 is 0 Å². The van der Waals surface area contributed by atoms with Crippen molar-refractivity contribution < 1.29 is 22.7 Å². The van der Waals surface area contributed by atoms with Crippen LogP contribution < -0.4 is 13.8 Å². The summed E-state index contributed by atoms with van der Waals surface area (Å²) in [5.74, 6) is 0.557. The number of ether oxygens (including phenoxy) is 2. The number of benzene rings is 3. The summed E-state index contributed by atoms with van der Waals surface area (Å²) in [5.41, 5.74) is 2.66. The van der Waals surface area contributed by atoms with E-state index in [0.717, 1.165) is 10.6 Å². The number of nitrogens with zero attached hydrogens (tertiary/aromatic N) is 3. The van der Waals surface area contributed by atoms with Crippen LogP contribution in [0.1, 0.15) is 17.2 Å². The molecule has 1 aliphatic rings. The summed E-state index contributed by atoms with van der Waals surface area (Å²) < 4.78 is 37.2. The molecule has 3 aromatic carbocycles. The van der Waals surface area contributed by atoms with E-state index in [4.69, 9.17) is 9.47 Å². The van der Waals surface area contributed by atoms with Gasteiger partial charge in [-0.2, -0.15) is 0 Å². The number of rotatable bonds is 9. The molecule has 3 aromatic rings. The number of sulfonamides is 1. The Hall–Kier alpha value is -3.56. The number of hydrogen-bond acceptors (Lipinski definition) is 6. The second kappa shape index (κ2) is 11.7. The van der Waals surface area contributed by atoms with Crippen LogP contribution in [0, 0.1) is 0 Å². The molecule has 0 aromatic heterocycles. The molecule has 0 N–H and O–H groups in total. The number of carbonyl (C=O) groups excluding carboxylic acids is 1. The van der Waals surface area contributed by atoms with Gasteiger partial charge in [0.05, 0.1) is 32.2 Å². The van der Waals surface area contributed by atoms with E-state index in [-0.39, 0.29) is 24.2 Å². The summed E-state index contributed by atoms with van der Waals surface area (Å²) in [5, 5.41) is 0. The molecule has 0 saturated carbocycles. The summed E-state index contributed by atoms with van der Waals surface area (Å²) in [6, 6.07) is 25.6. The fourth-order valence-electron chi connectivity index (χ4n) is 4.71. The van der Waals surface area contributed by atoms with E-state index in [1.807, 2.05) is 36.4 Å². The van der Waals surface area contributed by atoms with Gasteiger partial charge in [-0.15, -0.1) is 0 Å². The summed E-state index contributed by atoms with van der Waals surface area (Å²) >= 11 is 0. The quantitative estimate of drug-likeness (QED) is 0.428. The van der Waals surface area contributed by atoms with Crippen LogP contribution in [-0.2, 0) is 14.8 Å². The van der Waals surface area contributed by atoms with Gasteiger partial charge in [-0.3, -0.25) is 14.0 Å². The minimum absolute atomic E-state index is 0.0771. The van der Waals surface area contributed by atoms with Crippen LogP contribution >= 0.6 is 0 Å². The molecule has 0 atom stereocenters. The van der Waals surface area contributed by atoms with Gasteiger partial charge in [0, 0.05) is 32.2 Å². The standard InChI is InChI=1S/C28H33N3O5S/c1-35-24-14-15-26(36-2)25(20-24)31(37(3,33)34)21-27(32)29-16-18-30(19-17-29)28(22-10-6-4-7-11-22)23-12-8-5-9-13-23/h4-15,20,28H,16-19,21H2,1-3H3. The number of anilines is 1. The smallest absolute Gasteiger partial charge is 0.243 e. The molecule has 0 spiro atoms. The largest absolute Gasteiger partial charge is 0.497 e. The molecule has 1 heterocycles. The highest BCUT2D eigenvalue weighted by Gasteiger charge is 2.31. The molecule has 0 aliphatic carbocycles. The van der Waals surface area contributed by atoms with Gasteiger partial charge in [-0.05, 0) is 23.3 Å². The van der Waals surface area contributed by atoms with Gasteiger partial charge in [0.25, 0.3) is 0 Å². The van der Waals surface area contributed by atoms with Crippen molar-refractivity contribution in [1.82, 2.24) is 9.80 Å². The van der Waals surface area contributed by atoms with Crippen molar-refractivity contribution in [3.63, 3.8) is 0 Å². The average molecular weight is 524 g/mol. The van der Waals surface area contributed by atoms with E-state index in [2.05, 4.69) is 29.2 Å². The highest BCUT2D eigenvalue weighted by molar-refractivity contribution is 7.92. The number of hydrogen-bond donors (Lipinski definition) is 0. The Bertz CT molecular complexity index is 1250. The van der Waals surface area contributed by atoms with Crippen molar-refractivity contribution >= 4 is 21.6 Å². The molecule has 8 nitrogen and oxygen atoms in total. The van der Waals surface area contributed by atoms with Crippen molar-refractivity contribution in [3.05, 3.63) is 90.0 Å². The average Bonchev–Trinajstić information content (AvgIpc) is 2.92. The van der Waals surface area contributed by atoms with Gasteiger partial charge in [-0.1, -0.05) is 60.7 Å². The van der Waals surface area contributed by atoms with Gasteiger partial charge in [0.2, 0.25) is 15.9 Å². The first-order valence-corrected chi connectivity index (χ1v) is 14.0. The SMILES string of the molecule is COc1ccc(OC)c(N(CC(=O)N2CCN(C(c3ccccc3)c3ccccc3)CC2)S(C)(=O)=O)c1. The van der Waals surface area contributed by atoms with Gasteiger partial charge < -0.3 is 14.4 Å². The molecule has 0 bridgehead atoms. The van der Waals surface area contributed by atoms with Gasteiger partial charge in [0.15, 0.2) is 0 Å². The molecule has 1 saturated heterocycles. The van der Waals surface area contributed by atoms with Crippen LogP contribution in [0.2, 0.25) is 0 Å². The normalized spacial score (nSPS) is 14.4. The second-order valence-corrected chi connectivity index (χ2v) is 10.9. The third-order valence-electron chi connectivity index (χ3n) is 6.60. The Morgan fingerprint density at radius 2 is 1.43 bits per heavy atom. The molecule has 0 unspecified atom stereocenters. The first kappa shape index (κ1) is 26.5. The summed E-state index contributed by atoms with van der Waals surface area (Å²) in [6.45, 7) is 2.02. The van der Waals surface area contributed by atoms with Crippen LogP contribution in [0.15, 0.2) is 78.9 Å². The summed E-state index contributed by atoms with van der Waals surface area (Å²) in [6.07, 6.45) is 1.08. The zero-order chi connectivity index (χ0) is 26.4. The summed E-state index contributed by atoms with van der Waals surface area (Å²) in [4.78, 5) is 17.4. The van der Waals surface area contributed by atoms with Crippen LogP contribution in [0.25, 0.3) is 0 Å². The summed E-state index contributed by atoms with van der Waals surface area (Å²) in [7, 11) is -0.805. The molecule has 4 rings (SSSR count). The van der Waals surface area contributed by atoms with Gasteiger partial charge in [-0.25, -0.2) is 8.42 Å². The van der Waals surface area contributed by atoms with Crippen molar-refractivity contribution in [1.29, 1.82) is 0 Å². The molecular weight excluding hydrogens is 490 g/mol. The maximum absolute atomic E-state index is 13.3. The van der Waals surface area contributed by atoms with Crippen LogP contribution in [0.3, 0.4) is 0 Å². The van der Waals surface area contributed by atoms with Crippen LogP contribution in [0.4, 0.5) is 5.69 Å². The molecule has 196 valence electrons. The molecule has 1 fully saturated rings. The molecule has 0 radical (unpaired) electrons. The Morgan fingerprint density at radius 3 is 1.92 bits per heavy atom. The lowest BCUT2D eigenvalue weighted by Crippen LogP contribution is -2.52. The third kappa shape index (κ3) is 6.23. The van der Waals surface area contributed by atoms with E-state index in [1.54, 1.807) is 23.1 Å². The molecule has 37 heavy (non-hydrogen) atoms. The van der Waals surface area contributed by atoms with Crippen LogP contribution in [-0.4, -0.2) is 77.3 Å². The Kier molecular flexibility index (Phi) is 8.35. The maximum Gasteiger partial charge on any atom is 0.243 e. The first-order valence-electron chi connectivity index (χ1n) is 12.1. The fourth-order valence-corrected chi connectivity index (χ4v) is 5.55. The Morgan fingerprint density at radius 1 is 0.865 bits per heavy atom. The lowest BCUT2D eigenvalue weighted by Gasteiger charge is -2.40. The number of piperazine rings is 1. The van der Waals surface area contributed by atoms with E-state index >= 15 is 0 Å². The van der Waals surface area contributed by atoms with Crippen molar-refractivity contribution in [2.24, 2.45) is 0 Å². The monoisotopic (exact) mass is 523 g/mol. The number of methoxy groups -OCH3 is 2. The molecular formula is C28H33N3O5S.